The zero-order valence-corrected chi connectivity index (χ0v) is 33.2. The number of hydrogen-bond acceptors (Lipinski definition) is 0. The van der Waals surface area contributed by atoms with Gasteiger partial charge in [0.1, 0.15) is 0 Å². The topological polar surface area (TPSA) is 9.86 Å². The quantitative estimate of drug-likeness (QED) is 0.161. The van der Waals surface area contributed by atoms with Gasteiger partial charge < -0.3 is 9.13 Å². The summed E-state index contributed by atoms with van der Waals surface area (Å²) in [5.74, 6) is 0. The summed E-state index contributed by atoms with van der Waals surface area (Å²) in [7, 11) is 2.35. The first-order valence-corrected chi connectivity index (χ1v) is 23.0. The summed E-state index contributed by atoms with van der Waals surface area (Å²) in [4.78, 5) is 0. The minimum Gasteiger partial charge on any atom is -0.344 e. The molecule has 2 unspecified atom stereocenters. The average molecular weight is 715 g/mol. The molecule has 3 aliphatic carbocycles. The lowest BCUT2D eigenvalue weighted by molar-refractivity contribution is 0.911. The Morgan fingerprint density at radius 2 is 1.11 bits per heavy atom. The molecule has 0 fully saturated rings. The average Bonchev–Trinajstić information content (AvgIpc) is 3.99. The van der Waals surface area contributed by atoms with Crippen LogP contribution in [0.1, 0.15) is 64.7 Å². The number of benzene rings is 6. The van der Waals surface area contributed by atoms with Crippen molar-refractivity contribution in [3.8, 4) is 22.3 Å². The van der Waals surface area contributed by atoms with Gasteiger partial charge in [0.2, 0.25) is 0 Å². The van der Waals surface area contributed by atoms with Crippen molar-refractivity contribution >= 4 is 63.8 Å². The molecule has 2 atom stereocenters. The number of nitrogens with zero attached hydrogens (tertiary/aromatic N) is 2. The van der Waals surface area contributed by atoms with E-state index in [1.165, 1.54) is 107 Å². The first kappa shape index (κ1) is 32.1. The minimum absolute atomic E-state index is 0.455. The Morgan fingerprint density at radius 1 is 0.537 bits per heavy atom. The van der Waals surface area contributed by atoms with E-state index in [2.05, 4.69) is 172 Å². The summed E-state index contributed by atoms with van der Waals surface area (Å²) in [6.07, 6.45) is 8.76. The van der Waals surface area contributed by atoms with Crippen LogP contribution in [0.15, 0.2) is 120 Å². The van der Waals surface area contributed by atoms with Crippen LogP contribution in [0.25, 0.3) is 78.0 Å². The molecule has 54 heavy (non-hydrogen) atoms. The molecular weight excluding hydrogens is 669 g/mol. The number of hydrogen-bond donors (Lipinski definition) is 0. The molecule has 3 aliphatic rings. The van der Waals surface area contributed by atoms with Gasteiger partial charge in [-0.2, -0.15) is 0 Å². The Hall–Kier alpha value is -5.38. The number of aryl methyl sites for hydroxylation is 3. The van der Waals surface area contributed by atoms with Crippen molar-refractivity contribution < 1.29 is 0 Å². The van der Waals surface area contributed by atoms with E-state index in [0.29, 0.717) is 11.1 Å². The number of para-hydroxylation sites is 2. The molecular formula is C51H46N2Si. The van der Waals surface area contributed by atoms with Crippen molar-refractivity contribution in [2.24, 2.45) is 14.1 Å². The molecule has 2 aromatic heterocycles. The lowest BCUT2D eigenvalue weighted by atomic mass is 9.89. The van der Waals surface area contributed by atoms with E-state index >= 15 is 0 Å². The lowest BCUT2D eigenvalue weighted by Gasteiger charge is -2.39. The highest BCUT2D eigenvalue weighted by atomic mass is 28.3. The zero-order valence-electron chi connectivity index (χ0n) is 32.2. The molecule has 0 aliphatic heterocycles. The van der Waals surface area contributed by atoms with E-state index in [-0.39, 0.29) is 0 Å². The van der Waals surface area contributed by atoms with Crippen molar-refractivity contribution in [3.63, 3.8) is 0 Å². The van der Waals surface area contributed by atoms with E-state index in [9.17, 15) is 0 Å². The van der Waals surface area contributed by atoms with Gasteiger partial charge in [0.25, 0.3) is 0 Å². The molecule has 0 radical (unpaired) electrons. The smallest absolute Gasteiger partial charge is 0.0722 e. The summed E-state index contributed by atoms with van der Waals surface area (Å²) >= 11 is 0. The normalized spacial score (nSPS) is 17.8. The van der Waals surface area contributed by atoms with Crippen LogP contribution in [-0.2, 0) is 26.9 Å². The van der Waals surface area contributed by atoms with Crippen molar-refractivity contribution in [3.05, 3.63) is 154 Å². The summed E-state index contributed by atoms with van der Waals surface area (Å²) in [5, 5.41) is 5.36. The molecule has 0 saturated carbocycles. The second-order valence-electron chi connectivity index (χ2n) is 17.1. The Labute approximate surface area is 319 Å². The molecule has 0 amide bonds. The van der Waals surface area contributed by atoms with Gasteiger partial charge in [0.15, 0.2) is 0 Å². The molecule has 0 N–H and O–H groups in total. The van der Waals surface area contributed by atoms with E-state index in [1.54, 1.807) is 22.3 Å². The van der Waals surface area contributed by atoms with Crippen molar-refractivity contribution in [1.29, 1.82) is 0 Å². The molecule has 3 heteroatoms. The third-order valence-corrected chi connectivity index (χ3v) is 18.3. The third kappa shape index (κ3) is 4.28. The standard InChI is InChI=1S/C51H46N2Si/c1-30-25-40-35(33-21-23-47-41(27-33)37-14-7-9-19-45(37)52(47)3)16-12-18-39(40)50(30)54(5,6)51-31(2)26-43-44(51)28-32-13-11-17-36(32)49(43)34-22-24-48-42(29-34)38-15-8-10-20-46(38)53(48)4/h7-10,12,14-16,18-29,50-51H,11,13,17H2,1-6H3. The fraction of sp³-hybridized carbons (Fsp3) is 0.216. The summed E-state index contributed by atoms with van der Waals surface area (Å²) in [6, 6.07) is 41.8. The van der Waals surface area contributed by atoms with Gasteiger partial charge in [-0.1, -0.05) is 109 Å². The minimum atomic E-state index is -2.04. The number of rotatable bonds is 4. The highest BCUT2D eigenvalue weighted by Crippen LogP contribution is 2.56. The van der Waals surface area contributed by atoms with Crippen LogP contribution in [0, 0.1) is 0 Å². The van der Waals surface area contributed by atoms with Gasteiger partial charge in [-0.25, -0.2) is 0 Å². The third-order valence-electron chi connectivity index (χ3n) is 13.8. The van der Waals surface area contributed by atoms with Gasteiger partial charge in [-0.05, 0) is 125 Å². The van der Waals surface area contributed by atoms with Gasteiger partial charge in [0.05, 0.1) is 8.07 Å². The van der Waals surface area contributed by atoms with Crippen LogP contribution >= 0.6 is 0 Å². The van der Waals surface area contributed by atoms with Crippen molar-refractivity contribution in [2.45, 2.75) is 57.3 Å². The van der Waals surface area contributed by atoms with E-state index in [4.69, 9.17) is 0 Å². The molecule has 6 aromatic carbocycles. The molecule has 8 aromatic rings. The largest absolute Gasteiger partial charge is 0.344 e. The van der Waals surface area contributed by atoms with Gasteiger partial charge in [-0.3, -0.25) is 0 Å². The second-order valence-corrected chi connectivity index (χ2v) is 21.9. The predicted molar refractivity (Wildman–Crippen MR) is 234 cm³/mol. The SMILES string of the molecule is CC1=Cc2c(-c3ccc4c(c3)c3ccccc3n4C)cccc2C1[Si](C)(C)C1C(C)=Cc2c1cc1c(c2-c2ccc3c(c2)c2ccccc2n3C)CCC1. The fourth-order valence-electron chi connectivity index (χ4n) is 11.7. The molecule has 0 saturated heterocycles. The number of aromatic nitrogens is 2. The Kier molecular flexibility index (Phi) is 6.72. The Balaban J connectivity index is 1.04. The molecule has 264 valence electrons. The van der Waals surface area contributed by atoms with E-state index < -0.39 is 8.07 Å². The number of fused-ring (bicyclic) bond motifs is 9. The molecule has 0 spiro atoms. The summed E-state index contributed by atoms with van der Waals surface area (Å²) in [6.45, 7) is 10.2. The van der Waals surface area contributed by atoms with Crippen LogP contribution in [-0.4, -0.2) is 17.2 Å². The van der Waals surface area contributed by atoms with Gasteiger partial charge in [0, 0.05) is 68.8 Å². The Bertz CT molecular complexity index is 3000. The van der Waals surface area contributed by atoms with Crippen molar-refractivity contribution in [2.75, 3.05) is 0 Å². The maximum atomic E-state index is 2.69. The number of allylic oxidation sites excluding steroid dienone is 2. The van der Waals surface area contributed by atoms with E-state index in [1.807, 2.05) is 0 Å². The van der Waals surface area contributed by atoms with Crippen LogP contribution < -0.4 is 0 Å². The fourth-order valence-corrected chi connectivity index (χ4v) is 16.6. The molecule has 0 bridgehead atoms. The summed E-state index contributed by atoms with van der Waals surface area (Å²) < 4.78 is 4.68. The first-order valence-electron chi connectivity index (χ1n) is 19.8. The maximum Gasteiger partial charge on any atom is 0.0722 e. The van der Waals surface area contributed by atoms with Gasteiger partial charge >= 0.3 is 0 Å². The van der Waals surface area contributed by atoms with Crippen molar-refractivity contribution in [1.82, 2.24) is 9.13 Å². The highest BCUT2D eigenvalue weighted by molar-refractivity contribution is 6.81. The Morgan fingerprint density at radius 3 is 1.80 bits per heavy atom. The zero-order chi connectivity index (χ0) is 36.6. The van der Waals surface area contributed by atoms with Crippen LogP contribution in [0.3, 0.4) is 0 Å². The second kappa shape index (κ2) is 11.3. The molecule has 2 heterocycles. The molecule has 11 rings (SSSR count). The van der Waals surface area contributed by atoms with Crippen LogP contribution in [0.4, 0.5) is 0 Å². The predicted octanol–water partition coefficient (Wildman–Crippen LogP) is 13.3. The van der Waals surface area contributed by atoms with Crippen LogP contribution in [0.2, 0.25) is 13.1 Å². The lowest BCUT2D eigenvalue weighted by Crippen LogP contribution is -2.42. The monoisotopic (exact) mass is 714 g/mol. The van der Waals surface area contributed by atoms with Gasteiger partial charge in [-0.15, -0.1) is 0 Å². The molecule has 2 nitrogen and oxygen atoms in total. The van der Waals surface area contributed by atoms with Crippen LogP contribution in [0.5, 0.6) is 0 Å². The van der Waals surface area contributed by atoms with E-state index in [0.717, 1.165) is 0 Å². The first-order chi connectivity index (χ1) is 26.2. The maximum absolute atomic E-state index is 2.69. The highest BCUT2D eigenvalue weighted by Gasteiger charge is 2.48. The summed E-state index contributed by atoms with van der Waals surface area (Å²) in [5.41, 5.74) is 24.0.